The zero-order chi connectivity index (χ0) is 11.4. The SMILES string of the molecule is Cc1nc(CO)sc1C(=O)C=CN(C)C. The lowest BCUT2D eigenvalue weighted by Gasteiger charge is -2.01. The summed E-state index contributed by atoms with van der Waals surface area (Å²) < 4.78 is 0. The van der Waals surface area contributed by atoms with Crippen LogP contribution in [0, 0.1) is 6.92 Å². The minimum Gasteiger partial charge on any atom is -0.389 e. The third-order valence-corrected chi connectivity index (χ3v) is 2.88. The number of nitrogens with zero attached hydrogens (tertiary/aromatic N) is 2. The highest BCUT2D eigenvalue weighted by molar-refractivity contribution is 7.14. The molecular weight excluding hydrogens is 212 g/mol. The van der Waals surface area contributed by atoms with Crippen molar-refractivity contribution in [2.75, 3.05) is 14.1 Å². The van der Waals surface area contributed by atoms with Gasteiger partial charge < -0.3 is 10.0 Å². The van der Waals surface area contributed by atoms with Gasteiger partial charge in [0.05, 0.1) is 17.2 Å². The molecule has 1 heterocycles. The van der Waals surface area contributed by atoms with Crippen molar-refractivity contribution in [1.29, 1.82) is 0 Å². The Morgan fingerprint density at radius 3 is 2.73 bits per heavy atom. The number of rotatable bonds is 4. The van der Waals surface area contributed by atoms with Crippen molar-refractivity contribution in [3.05, 3.63) is 27.9 Å². The quantitative estimate of drug-likeness (QED) is 0.619. The molecule has 1 rings (SSSR count). The first-order valence-corrected chi connectivity index (χ1v) is 5.32. The molecule has 4 nitrogen and oxygen atoms in total. The lowest BCUT2D eigenvalue weighted by Crippen LogP contribution is -2.02. The second kappa shape index (κ2) is 5.04. The topological polar surface area (TPSA) is 53.4 Å². The van der Waals surface area contributed by atoms with Crippen LogP contribution >= 0.6 is 11.3 Å². The standard InChI is InChI=1S/C10H14N2O2S/c1-7-10(15-9(6-13)11-7)8(14)4-5-12(2)3/h4-5,13H,6H2,1-3H3. The van der Waals surface area contributed by atoms with E-state index in [4.69, 9.17) is 5.11 Å². The molecule has 0 fully saturated rings. The molecule has 1 aromatic rings. The minimum absolute atomic E-state index is 0.0709. The molecule has 0 aliphatic heterocycles. The van der Waals surface area contributed by atoms with Crippen LogP contribution in [0.25, 0.3) is 0 Å². The second-order valence-electron chi connectivity index (χ2n) is 3.32. The number of thiazole rings is 1. The van der Waals surface area contributed by atoms with Crippen LogP contribution in [-0.4, -0.2) is 34.9 Å². The van der Waals surface area contributed by atoms with E-state index in [-0.39, 0.29) is 12.4 Å². The Kier molecular flexibility index (Phi) is 3.99. The number of aromatic nitrogens is 1. The van der Waals surface area contributed by atoms with Gasteiger partial charge in [0.15, 0.2) is 5.78 Å². The van der Waals surface area contributed by atoms with Gasteiger partial charge in [0.1, 0.15) is 5.01 Å². The molecule has 0 amide bonds. The molecule has 0 atom stereocenters. The molecule has 0 unspecified atom stereocenters. The van der Waals surface area contributed by atoms with Crippen molar-refractivity contribution < 1.29 is 9.90 Å². The number of aryl methyl sites for hydroxylation is 1. The Bertz CT molecular complexity index is 383. The van der Waals surface area contributed by atoms with Gasteiger partial charge in [-0.25, -0.2) is 4.98 Å². The van der Waals surface area contributed by atoms with E-state index in [9.17, 15) is 4.79 Å². The molecule has 0 aromatic carbocycles. The molecule has 82 valence electrons. The van der Waals surface area contributed by atoms with E-state index in [1.54, 1.807) is 18.0 Å². The Hall–Kier alpha value is -1.20. The maximum Gasteiger partial charge on any atom is 0.199 e. The molecule has 1 N–H and O–H groups in total. The lowest BCUT2D eigenvalue weighted by molar-refractivity contribution is 0.104. The second-order valence-corrected chi connectivity index (χ2v) is 4.41. The minimum atomic E-state index is -0.115. The number of aliphatic hydroxyl groups excluding tert-OH is 1. The van der Waals surface area contributed by atoms with Gasteiger partial charge in [-0.1, -0.05) is 0 Å². The van der Waals surface area contributed by atoms with E-state index in [0.29, 0.717) is 15.6 Å². The maximum absolute atomic E-state index is 11.7. The average molecular weight is 226 g/mol. The van der Waals surface area contributed by atoms with E-state index >= 15 is 0 Å². The van der Waals surface area contributed by atoms with E-state index in [0.717, 1.165) is 0 Å². The smallest absolute Gasteiger partial charge is 0.199 e. The first-order valence-electron chi connectivity index (χ1n) is 4.50. The fraction of sp³-hybridized carbons (Fsp3) is 0.400. The third-order valence-electron chi connectivity index (χ3n) is 1.72. The molecule has 15 heavy (non-hydrogen) atoms. The first-order chi connectivity index (χ1) is 7.04. The molecule has 0 aliphatic carbocycles. The normalized spacial score (nSPS) is 10.9. The number of hydrogen-bond donors (Lipinski definition) is 1. The van der Waals surface area contributed by atoms with Crippen LogP contribution < -0.4 is 0 Å². The number of aliphatic hydroxyl groups is 1. The van der Waals surface area contributed by atoms with Crippen LogP contribution in [0.1, 0.15) is 20.4 Å². The number of hydrogen-bond acceptors (Lipinski definition) is 5. The number of ketones is 1. The average Bonchev–Trinajstić information content (AvgIpc) is 2.56. The zero-order valence-corrected chi connectivity index (χ0v) is 9.84. The summed E-state index contributed by atoms with van der Waals surface area (Å²) >= 11 is 1.24. The third kappa shape index (κ3) is 3.14. The van der Waals surface area contributed by atoms with Gasteiger partial charge in [0.25, 0.3) is 0 Å². The van der Waals surface area contributed by atoms with E-state index in [1.165, 1.54) is 17.4 Å². The van der Waals surface area contributed by atoms with Gasteiger partial charge in [0.2, 0.25) is 0 Å². The number of carbonyl (C=O) groups is 1. The van der Waals surface area contributed by atoms with Gasteiger partial charge in [-0.2, -0.15) is 0 Å². The predicted octanol–water partition coefficient (Wildman–Crippen LogP) is 1.20. The summed E-state index contributed by atoms with van der Waals surface area (Å²) in [5.74, 6) is -0.0709. The van der Waals surface area contributed by atoms with Crippen LogP contribution in [0.15, 0.2) is 12.3 Å². The summed E-state index contributed by atoms with van der Waals surface area (Å²) in [5.41, 5.74) is 0.678. The van der Waals surface area contributed by atoms with Crippen LogP contribution in [0.5, 0.6) is 0 Å². The van der Waals surface area contributed by atoms with Crippen molar-refractivity contribution in [2.24, 2.45) is 0 Å². The van der Waals surface area contributed by atoms with Crippen molar-refractivity contribution in [2.45, 2.75) is 13.5 Å². The highest BCUT2D eigenvalue weighted by atomic mass is 32.1. The molecular formula is C10H14N2O2S. The molecule has 0 spiro atoms. The highest BCUT2D eigenvalue weighted by Gasteiger charge is 2.12. The van der Waals surface area contributed by atoms with Crippen LogP contribution in [0.3, 0.4) is 0 Å². The Balaban J connectivity index is 2.86. The van der Waals surface area contributed by atoms with Crippen molar-refractivity contribution in [3.8, 4) is 0 Å². The Labute approximate surface area is 92.9 Å². The molecule has 0 saturated carbocycles. The van der Waals surface area contributed by atoms with E-state index < -0.39 is 0 Å². The zero-order valence-electron chi connectivity index (χ0n) is 9.02. The fourth-order valence-corrected chi connectivity index (χ4v) is 1.89. The molecule has 0 aliphatic rings. The van der Waals surface area contributed by atoms with E-state index in [1.807, 2.05) is 14.1 Å². The van der Waals surface area contributed by atoms with Crippen molar-refractivity contribution in [3.63, 3.8) is 0 Å². The molecule has 0 bridgehead atoms. The van der Waals surface area contributed by atoms with Crippen LogP contribution in [0.2, 0.25) is 0 Å². The summed E-state index contributed by atoms with van der Waals surface area (Å²) in [7, 11) is 3.70. The highest BCUT2D eigenvalue weighted by Crippen LogP contribution is 2.18. The summed E-state index contributed by atoms with van der Waals surface area (Å²) in [5, 5.41) is 9.46. The monoisotopic (exact) mass is 226 g/mol. The molecule has 0 saturated heterocycles. The van der Waals surface area contributed by atoms with Gasteiger partial charge in [0, 0.05) is 26.4 Å². The van der Waals surface area contributed by atoms with Crippen LogP contribution in [-0.2, 0) is 6.61 Å². The predicted molar refractivity (Wildman–Crippen MR) is 59.9 cm³/mol. The lowest BCUT2D eigenvalue weighted by atomic mass is 10.3. The summed E-state index contributed by atoms with van der Waals surface area (Å²) in [6, 6.07) is 0. The van der Waals surface area contributed by atoms with Crippen LogP contribution in [0.4, 0.5) is 0 Å². The van der Waals surface area contributed by atoms with Gasteiger partial charge in [-0.3, -0.25) is 4.79 Å². The first kappa shape index (κ1) is 11.9. The Morgan fingerprint density at radius 2 is 2.27 bits per heavy atom. The summed E-state index contributed by atoms with van der Waals surface area (Å²) in [6.07, 6.45) is 3.20. The maximum atomic E-state index is 11.7. The number of allylic oxidation sites excluding steroid dienone is 1. The molecule has 5 heteroatoms. The Morgan fingerprint density at radius 1 is 1.60 bits per heavy atom. The molecule has 1 aromatic heterocycles. The van der Waals surface area contributed by atoms with Crippen molar-refractivity contribution in [1.82, 2.24) is 9.88 Å². The number of carbonyl (C=O) groups excluding carboxylic acids is 1. The van der Waals surface area contributed by atoms with Crippen molar-refractivity contribution >= 4 is 17.1 Å². The van der Waals surface area contributed by atoms with Gasteiger partial charge in [-0.15, -0.1) is 11.3 Å². The fourth-order valence-electron chi connectivity index (χ4n) is 1.04. The molecule has 0 radical (unpaired) electrons. The van der Waals surface area contributed by atoms with Gasteiger partial charge in [-0.05, 0) is 6.92 Å². The van der Waals surface area contributed by atoms with E-state index in [2.05, 4.69) is 4.98 Å². The summed E-state index contributed by atoms with van der Waals surface area (Å²) in [6.45, 7) is 1.66. The largest absolute Gasteiger partial charge is 0.389 e. The van der Waals surface area contributed by atoms with Gasteiger partial charge >= 0.3 is 0 Å². The summed E-state index contributed by atoms with van der Waals surface area (Å²) in [4.78, 5) is 18.1.